The van der Waals surface area contributed by atoms with Crippen LogP contribution in [0.4, 0.5) is 5.69 Å². The fourth-order valence-electron chi connectivity index (χ4n) is 2.24. The smallest absolute Gasteiger partial charge is 0.219 e. The highest BCUT2D eigenvalue weighted by atomic mass is 127. The minimum atomic E-state index is 0. The van der Waals surface area contributed by atoms with Crippen molar-refractivity contribution >= 4 is 35.6 Å². The molecule has 0 saturated heterocycles. The molecule has 0 aliphatic rings. The van der Waals surface area contributed by atoms with E-state index < -0.39 is 0 Å². The molecule has 1 heterocycles. The van der Waals surface area contributed by atoms with E-state index in [2.05, 4.69) is 15.3 Å². The molecule has 0 spiro atoms. The van der Waals surface area contributed by atoms with Gasteiger partial charge in [0.25, 0.3) is 0 Å². The third-order valence-corrected chi connectivity index (χ3v) is 3.54. The van der Waals surface area contributed by atoms with Crippen molar-refractivity contribution in [3.05, 3.63) is 78.5 Å². The quantitative estimate of drug-likeness (QED) is 0.313. The third-order valence-electron chi connectivity index (χ3n) is 3.54. The Kier molecular flexibility index (Phi) is 7.87. The van der Waals surface area contributed by atoms with Crippen LogP contribution in [0.1, 0.15) is 5.56 Å². The SMILES string of the molecule is COc1cccc(Oc2ccc(CN=C(N)Nc3ccccc3)cn2)c1.I. The summed E-state index contributed by atoms with van der Waals surface area (Å²) in [5.41, 5.74) is 7.72. The van der Waals surface area contributed by atoms with Crippen LogP contribution in [0.15, 0.2) is 77.9 Å². The van der Waals surface area contributed by atoms with E-state index in [4.69, 9.17) is 15.2 Å². The first kappa shape index (κ1) is 20.5. The van der Waals surface area contributed by atoms with Crippen LogP contribution in [-0.2, 0) is 6.54 Å². The Morgan fingerprint density at radius 2 is 1.81 bits per heavy atom. The summed E-state index contributed by atoms with van der Waals surface area (Å²) in [6, 6.07) is 20.7. The average Bonchev–Trinajstić information content (AvgIpc) is 2.68. The summed E-state index contributed by atoms with van der Waals surface area (Å²) in [7, 11) is 1.62. The van der Waals surface area contributed by atoms with Crippen LogP contribution in [0.2, 0.25) is 0 Å². The first-order chi connectivity index (χ1) is 12.7. The predicted molar refractivity (Wildman–Crippen MR) is 118 cm³/mol. The number of benzene rings is 2. The molecule has 0 amide bonds. The number of nitrogens with one attached hydrogen (secondary N) is 1. The molecule has 3 rings (SSSR count). The van der Waals surface area contributed by atoms with Gasteiger partial charge in [-0.05, 0) is 29.8 Å². The zero-order valence-corrected chi connectivity index (χ0v) is 17.2. The number of anilines is 1. The van der Waals surface area contributed by atoms with E-state index in [0.29, 0.717) is 24.1 Å². The Morgan fingerprint density at radius 3 is 2.52 bits per heavy atom. The van der Waals surface area contributed by atoms with Gasteiger partial charge in [-0.2, -0.15) is 0 Å². The van der Waals surface area contributed by atoms with Crippen molar-refractivity contribution in [1.82, 2.24) is 4.98 Å². The summed E-state index contributed by atoms with van der Waals surface area (Å²) in [5.74, 6) is 2.25. The second-order valence-electron chi connectivity index (χ2n) is 5.48. The van der Waals surface area contributed by atoms with Crippen LogP contribution in [-0.4, -0.2) is 18.1 Å². The number of para-hydroxylation sites is 1. The molecule has 0 fully saturated rings. The summed E-state index contributed by atoms with van der Waals surface area (Å²) in [4.78, 5) is 8.61. The van der Waals surface area contributed by atoms with Crippen molar-refractivity contribution in [2.75, 3.05) is 12.4 Å². The maximum Gasteiger partial charge on any atom is 0.219 e. The lowest BCUT2D eigenvalue weighted by Gasteiger charge is -2.07. The second kappa shape index (κ2) is 10.4. The minimum Gasteiger partial charge on any atom is -0.497 e. The lowest BCUT2D eigenvalue weighted by Crippen LogP contribution is -2.22. The Bertz CT molecular complexity index is 871. The van der Waals surface area contributed by atoms with Crippen molar-refractivity contribution in [2.45, 2.75) is 6.54 Å². The number of guanidine groups is 1. The number of nitrogens with zero attached hydrogens (tertiary/aromatic N) is 2. The van der Waals surface area contributed by atoms with Gasteiger partial charge in [-0.15, -0.1) is 24.0 Å². The van der Waals surface area contributed by atoms with Crippen LogP contribution in [0.5, 0.6) is 17.4 Å². The minimum absolute atomic E-state index is 0. The number of aliphatic imine (C=N–C) groups is 1. The summed E-state index contributed by atoms with van der Waals surface area (Å²) in [5, 5.41) is 3.04. The van der Waals surface area contributed by atoms with Gasteiger partial charge in [0.15, 0.2) is 5.96 Å². The zero-order chi connectivity index (χ0) is 18.2. The molecule has 0 radical (unpaired) electrons. The van der Waals surface area contributed by atoms with Gasteiger partial charge in [0.05, 0.1) is 13.7 Å². The number of pyridine rings is 1. The Hall–Kier alpha value is -2.81. The highest BCUT2D eigenvalue weighted by Crippen LogP contribution is 2.23. The molecule has 6 nitrogen and oxygen atoms in total. The molecule has 0 aliphatic carbocycles. The first-order valence-corrected chi connectivity index (χ1v) is 8.12. The number of ether oxygens (including phenoxy) is 2. The van der Waals surface area contributed by atoms with E-state index >= 15 is 0 Å². The number of methoxy groups -OCH3 is 1. The van der Waals surface area contributed by atoms with Crippen LogP contribution >= 0.6 is 24.0 Å². The van der Waals surface area contributed by atoms with Crippen molar-refractivity contribution in [1.29, 1.82) is 0 Å². The van der Waals surface area contributed by atoms with Crippen LogP contribution in [0, 0.1) is 0 Å². The van der Waals surface area contributed by atoms with E-state index in [0.717, 1.165) is 17.0 Å². The summed E-state index contributed by atoms with van der Waals surface area (Å²) < 4.78 is 10.9. The van der Waals surface area contributed by atoms with Gasteiger partial charge >= 0.3 is 0 Å². The van der Waals surface area contributed by atoms with Crippen LogP contribution in [0.3, 0.4) is 0 Å². The number of hydrogen-bond donors (Lipinski definition) is 2. The van der Waals surface area contributed by atoms with Crippen LogP contribution < -0.4 is 20.5 Å². The van der Waals surface area contributed by atoms with Gasteiger partial charge in [-0.1, -0.05) is 30.3 Å². The number of aromatic nitrogens is 1. The molecule has 0 saturated carbocycles. The summed E-state index contributed by atoms with van der Waals surface area (Å²) >= 11 is 0. The van der Waals surface area contributed by atoms with Crippen LogP contribution in [0.25, 0.3) is 0 Å². The molecule has 27 heavy (non-hydrogen) atoms. The van der Waals surface area contributed by atoms with E-state index in [1.807, 2.05) is 54.6 Å². The number of halogens is 1. The highest BCUT2D eigenvalue weighted by molar-refractivity contribution is 14.0. The number of rotatable bonds is 6. The summed E-state index contributed by atoms with van der Waals surface area (Å²) in [6.45, 7) is 0.429. The molecule has 3 aromatic rings. The lowest BCUT2D eigenvalue weighted by atomic mass is 10.3. The maximum absolute atomic E-state index is 5.89. The van der Waals surface area contributed by atoms with E-state index in [1.165, 1.54) is 0 Å². The van der Waals surface area contributed by atoms with Crippen molar-refractivity contribution in [3.8, 4) is 17.4 Å². The third kappa shape index (κ3) is 6.45. The molecular weight excluding hydrogens is 455 g/mol. The zero-order valence-electron chi connectivity index (χ0n) is 14.8. The second-order valence-corrected chi connectivity index (χ2v) is 5.48. The Labute approximate surface area is 175 Å². The van der Waals surface area contributed by atoms with Gasteiger partial charge in [0, 0.05) is 24.0 Å². The van der Waals surface area contributed by atoms with E-state index in [9.17, 15) is 0 Å². The Balaban J connectivity index is 0.00000261. The van der Waals surface area contributed by atoms with Crippen molar-refractivity contribution < 1.29 is 9.47 Å². The topological polar surface area (TPSA) is 81.8 Å². The van der Waals surface area contributed by atoms with Gasteiger partial charge in [0.2, 0.25) is 5.88 Å². The van der Waals surface area contributed by atoms with Gasteiger partial charge in [-0.25, -0.2) is 9.98 Å². The molecule has 1 aromatic heterocycles. The molecule has 0 aliphatic heterocycles. The normalized spacial score (nSPS) is 10.6. The molecule has 2 aromatic carbocycles. The van der Waals surface area contributed by atoms with Gasteiger partial charge in [-0.3, -0.25) is 0 Å². The fourth-order valence-corrected chi connectivity index (χ4v) is 2.24. The van der Waals surface area contributed by atoms with E-state index in [-0.39, 0.29) is 24.0 Å². The highest BCUT2D eigenvalue weighted by Gasteiger charge is 2.01. The first-order valence-electron chi connectivity index (χ1n) is 8.12. The standard InChI is InChI=1S/C20H20N4O2.HI/c1-25-17-8-5-9-18(12-17)26-19-11-10-15(13-22-19)14-23-20(21)24-16-6-3-2-4-7-16;/h2-13H,14H2,1H3,(H3,21,23,24);1H. The number of nitrogens with two attached hydrogens (primary N) is 1. The lowest BCUT2D eigenvalue weighted by molar-refractivity contribution is 0.407. The average molecular weight is 476 g/mol. The van der Waals surface area contributed by atoms with Gasteiger partial charge < -0.3 is 20.5 Å². The molecule has 0 atom stereocenters. The maximum atomic E-state index is 5.89. The molecule has 3 N–H and O–H groups in total. The monoisotopic (exact) mass is 476 g/mol. The predicted octanol–water partition coefficient (Wildman–Crippen LogP) is 4.43. The largest absolute Gasteiger partial charge is 0.497 e. The fraction of sp³-hybridized carbons (Fsp3) is 0.100. The van der Waals surface area contributed by atoms with Crippen molar-refractivity contribution in [3.63, 3.8) is 0 Å². The van der Waals surface area contributed by atoms with Crippen molar-refractivity contribution in [2.24, 2.45) is 10.7 Å². The van der Waals surface area contributed by atoms with Gasteiger partial charge in [0.1, 0.15) is 11.5 Å². The van der Waals surface area contributed by atoms with E-state index in [1.54, 1.807) is 25.4 Å². The molecule has 0 bridgehead atoms. The molecule has 0 unspecified atom stereocenters. The molecular formula is C20H21IN4O2. The summed E-state index contributed by atoms with van der Waals surface area (Å²) in [6.07, 6.45) is 1.72. The molecule has 7 heteroatoms. The Morgan fingerprint density at radius 1 is 1.04 bits per heavy atom. The molecule has 140 valence electrons. The number of hydrogen-bond acceptors (Lipinski definition) is 4.